The van der Waals surface area contributed by atoms with Gasteiger partial charge in [-0.15, -0.1) is 0 Å². The molecule has 10 nitrogen and oxygen atoms in total. The van der Waals surface area contributed by atoms with Crippen molar-refractivity contribution >= 4 is 17.8 Å². The molecular formula is C25H32N2O8. The zero-order valence-corrected chi connectivity index (χ0v) is 19.9. The number of likely N-dealkylation sites (tertiary alicyclic amines) is 1. The predicted molar refractivity (Wildman–Crippen MR) is 127 cm³/mol. The Morgan fingerprint density at radius 2 is 1.60 bits per heavy atom. The summed E-state index contributed by atoms with van der Waals surface area (Å²) in [5.41, 5.74) is 2.17. The van der Waals surface area contributed by atoms with Gasteiger partial charge in [-0.05, 0) is 68.2 Å². The van der Waals surface area contributed by atoms with Crippen LogP contribution in [0, 0.1) is 5.92 Å². The summed E-state index contributed by atoms with van der Waals surface area (Å²) in [6, 6.07) is 13.2. The molecule has 1 heterocycles. The van der Waals surface area contributed by atoms with E-state index in [1.807, 2.05) is 43.3 Å². The third kappa shape index (κ3) is 9.17. The minimum Gasteiger partial charge on any atom is -0.504 e. The maximum Gasteiger partial charge on any atom is 0.414 e. The number of aliphatic carboxylic acids is 2. The normalized spacial score (nSPS) is 13.8. The van der Waals surface area contributed by atoms with Crippen molar-refractivity contribution < 1.29 is 39.2 Å². The molecule has 1 saturated heterocycles. The SMILES string of the molecule is CCOc1cc(CN2CCC(C(=O)NCc3ccc(OC)cc3)CC2)ccc1O.O=C(O)C(=O)O. The maximum atomic E-state index is 12.5. The van der Waals surface area contributed by atoms with Crippen LogP contribution in [-0.2, 0) is 27.5 Å². The first kappa shape index (κ1) is 27.5. The molecule has 0 aromatic heterocycles. The monoisotopic (exact) mass is 488 g/mol. The van der Waals surface area contributed by atoms with Gasteiger partial charge in [0.1, 0.15) is 5.75 Å². The number of nitrogens with zero attached hydrogens (tertiary/aromatic N) is 1. The zero-order chi connectivity index (χ0) is 25.8. The fraction of sp³-hybridized carbons (Fsp3) is 0.400. The molecule has 1 aliphatic heterocycles. The first-order valence-electron chi connectivity index (χ1n) is 11.3. The summed E-state index contributed by atoms with van der Waals surface area (Å²) in [6.45, 7) is 5.51. The molecule has 190 valence electrons. The number of phenols is 1. The summed E-state index contributed by atoms with van der Waals surface area (Å²) < 4.78 is 10.6. The van der Waals surface area contributed by atoms with Gasteiger partial charge in [0.05, 0.1) is 13.7 Å². The van der Waals surface area contributed by atoms with Gasteiger partial charge in [0.25, 0.3) is 0 Å². The average molecular weight is 489 g/mol. The van der Waals surface area contributed by atoms with Gasteiger partial charge in [-0.1, -0.05) is 18.2 Å². The number of piperidine rings is 1. The second-order valence-electron chi connectivity index (χ2n) is 7.96. The third-order valence-corrected chi connectivity index (χ3v) is 5.50. The Balaban J connectivity index is 0.000000641. The Morgan fingerprint density at radius 3 is 2.14 bits per heavy atom. The minimum absolute atomic E-state index is 0.0586. The van der Waals surface area contributed by atoms with Crippen LogP contribution in [0.15, 0.2) is 42.5 Å². The highest BCUT2D eigenvalue weighted by atomic mass is 16.5. The van der Waals surface area contributed by atoms with Crippen LogP contribution in [0.4, 0.5) is 0 Å². The molecule has 1 amide bonds. The fourth-order valence-electron chi connectivity index (χ4n) is 3.62. The average Bonchev–Trinajstić information content (AvgIpc) is 2.86. The van der Waals surface area contributed by atoms with Gasteiger partial charge in [0.15, 0.2) is 11.5 Å². The largest absolute Gasteiger partial charge is 0.504 e. The number of hydrogen-bond donors (Lipinski definition) is 4. The number of ether oxygens (including phenoxy) is 2. The summed E-state index contributed by atoms with van der Waals surface area (Å²) in [4.78, 5) is 33.1. The Labute approximate surface area is 204 Å². The number of aromatic hydroxyl groups is 1. The van der Waals surface area contributed by atoms with E-state index in [2.05, 4.69) is 10.2 Å². The highest BCUT2D eigenvalue weighted by molar-refractivity contribution is 6.27. The topological polar surface area (TPSA) is 146 Å². The van der Waals surface area contributed by atoms with E-state index in [4.69, 9.17) is 29.3 Å². The number of carboxylic acid groups (broad SMARTS) is 2. The smallest absolute Gasteiger partial charge is 0.414 e. The summed E-state index contributed by atoms with van der Waals surface area (Å²) >= 11 is 0. The lowest BCUT2D eigenvalue weighted by molar-refractivity contribution is -0.159. The maximum absolute atomic E-state index is 12.5. The molecule has 4 N–H and O–H groups in total. The van der Waals surface area contributed by atoms with Crippen LogP contribution in [0.1, 0.15) is 30.9 Å². The van der Waals surface area contributed by atoms with Crippen LogP contribution in [-0.4, -0.2) is 64.9 Å². The van der Waals surface area contributed by atoms with Gasteiger partial charge < -0.3 is 30.1 Å². The van der Waals surface area contributed by atoms with Crippen LogP contribution in [0.25, 0.3) is 0 Å². The zero-order valence-electron chi connectivity index (χ0n) is 19.9. The van der Waals surface area contributed by atoms with E-state index >= 15 is 0 Å². The van der Waals surface area contributed by atoms with E-state index in [9.17, 15) is 9.90 Å². The highest BCUT2D eigenvalue weighted by Crippen LogP contribution is 2.28. The number of carbonyl (C=O) groups excluding carboxylic acids is 1. The van der Waals surface area contributed by atoms with Crippen molar-refractivity contribution in [3.05, 3.63) is 53.6 Å². The second-order valence-corrected chi connectivity index (χ2v) is 7.96. The van der Waals surface area contributed by atoms with E-state index in [0.29, 0.717) is 18.9 Å². The summed E-state index contributed by atoms with van der Waals surface area (Å²) in [5.74, 6) is -1.95. The van der Waals surface area contributed by atoms with E-state index in [-0.39, 0.29) is 17.6 Å². The molecule has 0 radical (unpaired) electrons. The van der Waals surface area contributed by atoms with Crippen molar-refractivity contribution in [2.75, 3.05) is 26.8 Å². The summed E-state index contributed by atoms with van der Waals surface area (Å²) in [7, 11) is 1.64. The fourth-order valence-corrected chi connectivity index (χ4v) is 3.62. The van der Waals surface area contributed by atoms with Crippen molar-refractivity contribution in [2.24, 2.45) is 5.92 Å². The number of rotatable bonds is 8. The molecule has 3 rings (SSSR count). The standard InChI is InChI=1S/C23H30N2O4.C2H2O4/c1-3-29-22-14-18(6-9-21(22)26)16-25-12-10-19(11-13-25)23(27)24-15-17-4-7-20(28-2)8-5-17;3-1(4)2(5)6/h4-9,14,19,26H,3,10-13,15-16H2,1-2H3,(H,24,27);(H,3,4)(H,5,6). The van der Waals surface area contributed by atoms with Gasteiger partial charge in [-0.2, -0.15) is 0 Å². The van der Waals surface area contributed by atoms with Crippen molar-refractivity contribution in [2.45, 2.75) is 32.9 Å². The molecular weight excluding hydrogens is 456 g/mol. The number of phenolic OH excluding ortho intramolecular Hbond substituents is 1. The summed E-state index contributed by atoms with van der Waals surface area (Å²) in [5, 5.41) is 27.7. The third-order valence-electron chi connectivity index (χ3n) is 5.50. The number of methoxy groups -OCH3 is 1. The van der Waals surface area contributed by atoms with Gasteiger partial charge >= 0.3 is 11.9 Å². The molecule has 0 spiro atoms. The number of carboxylic acids is 2. The minimum atomic E-state index is -1.82. The molecule has 1 aliphatic rings. The molecule has 2 aromatic rings. The molecule has 2 aromatic carbocycles. The van der Waals surface area contributed by atoms with E-state index in [0.717, 1.165) is 49.4 Å². The van der Waals surface area contributed by atoms with Crippen LogP contribution in [0.3, 0.4) is 0 Å². The van der Waals surface area contributed by atoms with E-state index in [1.165, 1.54) is 0 Å². The van der Waals surface area contributed by atoms with E-state index in [1.54, 1.807) is 13.2 Å². The molecule has 0 unspecified atom stereocenters. The number of nitrogens with one attached hydrogen (secondary N) is 1. The van der Waals surface area contributed by atoms with Crippen LogP contribution in [0.5, 0.6) is 17.2 Å². The predicted octanol–water partition coefficient (Wildman–Crippen LogP) is 2.48. The van der Waals surface area contributed by atoms with Crippen molar-refractivity contribution in [3.8, 4) is 17.2 Å². The lowest BCUT2D eigenvalue weighted by Gasteiger charge is -2.31. The Hall–Kier alpha value is -3.79. The van der Waals surface area contributed by atoms with Crippen LogP contribution >= 0.6 is 0 Å². The first-order chi connectivity index (χ1) is 16.7. The Kier molecular flexibility index (Phi) is 10.8. The van der Waals surface area contributed by atoms with Gasteiger partial charge in [0.2, 0.25) is 5.91 Å². The summed E-state index contributed by atoms with van der Waals surface area (Å²) in [6.07, 6.45) is 1.70. The van der Waals surface area contributed by atoms with Crippen LogP contribution < -0.4 is 14.8 Å². The number of amides is 1. The van der Waals surface area contributed by atoms with Crippen molar-refractivity contribution in [1.82, 2.24) is 10.2 Å². The van der Waals surface area contributed by atoms with Gasteiger partial charge in [0, 0.05) is 19.0 Å². The van der Waals surface area contributed by atoms with Crippen molar-refractivity contribution in [3.63, 3.8) is 0 Å². The number of benzene rings is 2. The highest BCUT2D eigenvalue weighted by Gasteiger charge is 2.25. The quantitative estimate of drug-likeness (QED) is 0.412. The number of carbonyl (C=O) groups is 3. The lowest BCUT2D eigenvalue weighted by atomic mass is 9.95. The molecule has 0 atom stereocenters. The van der Waals surface area contributed by atoms with Gasteiger partial charge in [-0.3, -0.25) is 9.69 Å². The Morgan fingerprint density at radius 1 is 1.00 bits per heavy atom. The Bertz CT molecular complexity index is 973. The molecule has 1 fully saturated rings. The molecule has 10 heteroatoms. The molecule has 0 saturated carbocycles. The van der Waals surface area contributed by atoms with Gasteiger partial charge in [-0.25, -0.2) is 9.59 Å². The molecule has 35 heavy (non-hydrogen) atoms. The second kappa shape index (κ2) is 13.8. The number of hydrogen-bond acceptors (Lipinski definition) is 7. The van der Waals surface area contributed by atoms with Crippen molar-refractivity contribution in [1.29, 1.82) is 0 Å². The molecule has 0 aliphatic carbocycles. The molecule has 0 bridgehead atoms. The first-order valence-corrected chi connectivity index (χ1v) is 11.3. The van der Waals surface area contributed by atoms with E-state index < -0.39 is 11.9 Å². The lowest BCUT2D eigenvalue weighted by Crippen LogP contribution is -2.40. The van der Waals surface area contributed by atoms with Crippen LogP contribution in [0.2, 0.25) is 0 Å².